The number of allylic oxidation sites excluding steroid dienone is 4. The number of carbonyl (C=O) groups excluding carboxylic acids is 4. The van der Waals surface area contributed by atoms with Gasteiger partial charge in [0.05, 0.1) is 0 Å². The van der Waals surface area contributed by atoms with Crippen LogP contribution in [0.1, 0.15) is 98.3 Å². The molecule has 4 rings (SSSR count). The van der Waals surface area contributed by atoms with Gasteiger partial charge in [-0.25, -0.2) is 0 Å². The van der Waals surface area contributed by atoms with Crippen molar-refractivity contribution >= 4 is 23.5 Å². The third-order valence-electron chi connectivity index (χ3n) is 9.47. The quantitative estimate of drug-likeness (QED) is 0.337. The lowest BCUT2D eigenvalue weighted by molar-refractivity contribution is -0.186. The Morgan fingerprint density at radius 1 is 1.00 bits per heavy atom. The highest BCUT2D eigenvalue weighted by atomic mass is 16.6. The molecule has 5 atom stereocenters. The molecule has 0 saturated heterocycles. The lowest BCUT2D eigenvalue weighted by Gasteiger charge is -2.55. The molecule has 0 amide bonds. The van der Waals surface area contributed by atoms with Crippen LogP contribution >= 0.6 is 0 Å². The third kappa shape index (κ3) is 4.21. The normalized spacial score (nSPS) is 35.7. The van der Waals surface area contributed by atoms with Crippen LogP contribution < -0.4 is 0 Å². The third-order valence-corrected chi connectivity index (χ3v) is 9.47. The summed E-state index contributed by atoms with van der Waals surface area (Å²) < 4.78 is 11.4. The Hall–Kier alpha value is -2.24. The standard InChI is InChI=1S/C29H40O6/c1-5-7-25(32)34-18-24(31)29(35-26(33)8-6-2)16-13-23-21-10-9-19-17-20(30)11-14-27(19,3)22(21)12-15-28(23,29)4/h12,17,21,23H,5-11,13-16,18H2,1-4H3/t21?,23?,27-,28-,29-/m0/s1. The first kappa shape index (κ1) is 25.8. The first-order valence-electron chi connectivity index (χ1n) is 13.5. The maximum Gasteiger partial charge on any atom is 0.306 e. The van der Waals surface area contributed by atoms with Gasteiger partial charge < -0.3 is 9.47 Å². The predicted molar refractivity (Wildman–Crippen MR) is 131 cm³/mol. The van der Waals surface area contributed by atoms with Crippen molar-refractivity contribution < 1.29 is 28.7 Å². The summed E-state index contributed by atoms with van der Waals surface area (Å²) in [7, 11) is 0. The molecule has 2 unspecified atom stereocenters. The zero-order chi connectivity index (χ0) is 25.4. The molecule has 0 aliphatic heterocycles. The monoisotopic (exact) mass is 484 g/mol. The second-order valence-electron chi connectivity index (χ2n) is 11.4. The summed E-state index contributed by atoms with van der Waals surface area (Å²) in [6, 6.07) is 0. The summed E-state index contributed by atoms with van der Waals surface area (Å²) in [4.78, 5) is 50.6. The van der Waals surface area contributed by atoms with Crippen LogP contribution in [0, 0.1) is 22.7 Å². The molecule has 0 aromatic heterocycles. The fourth-order valence-electron chi connectivity index (χ4n) is 7.52. The van der Waals surface area contributed by atoms with E-state index in [9.17, 15) is 19.2 Å². The maximum absolute atomic E-state index is 13.7. The van der Waals surface area contributed by atoms with E-state index in [1.807, 2.05) is 19.9 Å². The lowest BCUT2D eigenvalue weighted by atomic mass is 9.50. The van der Waals surface area contributed by atoms with Gasteiger partial charge in [0.2, 0.25) is 5.78 Å². The molecule has 35 heavy (non-hydrogen) atoms. The molecule has 0 aromatic rings. The van der Waals surface area contributed by atoms with Crippen molar-refractivity contribution in [3.63, 3.8) is 0 Å². The van der Waals surface area contributed by atoms with Crippen molar-refractivity contribution in [1.29, 1.82) is 0 Å². The highest BCUT2D eigenvalue weighted by Gasteiger charge is 2.67. The van der Waals surface area contributed by atoms with E-state index in [-0.39, 0.29) is 48.3 Å². The van der Waals surface area contributed by atoms with Crippen LogP contribution in [0.5, 0.6) is 0 Å². The highest BCUT2D eigenvalue weighted by molar-refractivity contribution is 5.94. The van der Waals surface area contributed by atoms with Gasteiger partial charge in [0, 0.05) is 30.1 Å². The lowest BCUT2D eigenvalue weighted by Crippen LogP contribution is -2.58. The molecular weight excluding hydrogens is 444 g/mol. The molecule has 4 aliphatic rings. The number of hydrogen-bond donors (Lipinski definition) is 0. The second kappa shape index (κ2) is 9.67. The molecule has 192 valence electrons. The molecule has 4 aliphatic carbocycles. The fourth-order valence-corrected chi connectivity index (χ4v) is 7.52. The van der Waals surface area contributed by atoms with E-state index in [4.69, 9.17) is 9.47 Å². The van der Waals surface area contributed by atoms with E-state index < -0.39 is 17.0 Å². The van der Waals surface area contributed by atoms with Crippen LogP contribution in [0.3, 0.4) is 0 Å². The zero-order valence-electron chi connectivity index (χ0n) is 21.7. The van der Waals surface area contributed by atoms with Crippen LogP contribution in [-0.4, -0.2) is 35.7 Å². The molecule has 0 aromatic carbocycles. The molecule has 6 nitrogen and oxygen atoms in total. The SMILES string of the molecule is CCCC(=O)OCC(=O)[C@@]1(OC(=O)CCC)CCC2C3CCC4=CC(=O)CC[C@]4(C)C3=CC[C@@]21C. The van der Waals surface area contributed by atoms with Gasteiger partial charge >= 0.3 is 11.9 Å². The van der Waals surface area contributed by atoms with Gasteiger partial charge in [-0.1, -0.05) is 44.9 Å². The second-order valence-corrected chi connectivity index (χ2v) is 11.4. The summed E-state index contributed by atoms with van der Waals surface area (Å²) in [6.45, 7) is 7.82. The molecule has 0 spiro atoms. The van der Waals surface area contributed by atoms with Crippen molar-refractivity contribution in [1.82, 2.24) is 0 Å². The van der Waals surface area contributed by atoms with Crippen LogP contribution in [-0.2, 0) is 28.7 Å². The fraction of sp³-hybridized carbons (Fsp3) is 0.724. The average molecular weight is 485 g/mol. The van der Waals surface area contributed by atoms with Crippen molar-refractivity contribution in [3.05, 3.63) is 23.3 Å². The van der Waals surface area contributed by atoms with E-state index in [0.717, 1.165) is 25.7 Å². The Morgan fingerprint density at radius 2 is 1.71 bits per heavy atom. The number of ketones is 2. The molecular formula is C29H40O6. The van der Waals surface area contributed by atoms with Gasteiger partial charge in [0.25, 0.3) is 0 Å². The largest absolute Gasteiger partial charge is 0.457 e. The van der Waals surface area contributed by atoms with Gasteiger partial charge in [-0.05, 0) is 69.3 Å². The van der Waals surface area contributed by atoms with Gasteiger partial charge in [-0.2, -0.15) is 0 Å². The summed E-state index contributed by atoms with van der Waals surface area (Å²) >= 11 is 0. The zero-order valence-corrected chi connectivity index (χ0v) is 21.7. The molecule has 6 heteroatoms. The topological polar surface area (TPSA) is 86.7 Å². The molecule has 2 fully saturated rings. The van der Waals surface area contributed by atoms with E-state index in [2.05, 4.69) is 19.9 Å². The van der Waals surface area contributed by atoms with Crippen molar-refractivity contribution in [2.45, 2.75) is 104 Å². The van der Waals surface area contributed by atoms with Crippen molar-refractivity contribution in [2.24, 2.45) is 22.7 Å². The van der Waals surface area contributed by atoms with E-state index >= 15 is 0 Å². The Balaban J connectivity index is 1.68. The molecule has 0 N–H and O–H groups in total. The first-order chi connectivity index (χ1) is 16.6. The number of fused-ring (bicyclic) bond motifs is 5. The number of carbonyl (C=O) groups is 4. The molecule has 0 radical (unpaired) electrons. The number of ether oxygens (including phenoxy) is 2. The van der Waals surface area contributed by atoms with Gasteiger partial charge in [-0.15, -0.1) is 0 Å². The van der Waals surface area contributed by atoms with Crippen molar-refractivity contribution in [3.8, 4) is 0 Å². The minimum absolute atomic E-state index is 0.0953. The van der Waals surface area contributed by atoms with E-state index in [1.165, 1.54) is 11.1 Å². The minimum atomic E-state index is -1.28. The Labute approximate surface area is 208 Å². The van der Waals surface area contributed by atoms with Crippen LogP contribution in [0.2, 0.25) is 0 Å². The van der Waals surface area contributed by atoms with Crippen LogP contribution in [0.15, 0.2) is 23.3 Å². The van der Waals surface area contributed by atoms with Gasteiger partial charge in [-0.3, -0.25) is 19.2 Å². The molecule has 0 heterocycles. The number of rotatable bonds is 8. The summed E-state index contributed by atoms with van der Waals surface area (Å²) in [5.41, 5.74) is 0.723. The van der Waals surface area contributed by atoms with Crippen LogP contribution in [0.25, 0.3) is 0 Å². The Morgan fingerprint density at radius 3 is 2.43 bits per heavy atom. The Bertz CT molecular complexity index is 976. The number of hydrogen-bond acceptors (Lipinski definition) is 6. The predicted octanol–water partition coefficient (Wildman–Crippen LogP) is 5.43. The first-order valence-corrected chi connectivity index (χ1v) is 13.5. The summed E-state index contributed by atoms with van der Waals surface area (Å²) in [5.74, 6) is -0.325. The molecule has 2 saturated carbocycles. The van der Waals surface area contributed by atoms with Crippen LogP contribution in [0.4, 0.5) is 0 Å². The van der Waals surface area contributed by atoms with Gasteiger partial charge in [0.15, 0.2) is 18.0 Å². The maximum atomic E-state index is 13.7. The summed E-state index contributed by atoms with van der Waals surface area (Å²) in [5, 5.41) is 0. The molecule has 0 bridgehead atoms. The number of Topliss-reactive ketones (excluding diaryl/α,β-unsaturated/α-hetero) is 1. The Kier molecular flexibility index (Phi) is 7.14. The minimum Gasteiger partial charge on any atom is -0.457 e. The van der Waals surface area contributed by atoms with Crippen molar-refractivity contribution in [2.75, 3.05) is 6.61 Å². The van der Waals surface area contributed by atoms with E-state index in [1.54, 1.807) is 0 Å². The van der Waals surface area contributed by atoms with Gasteiger partial charge in [0.1, 0.15) is 0 Å². The van der Waals surface area contributed by atoms with E-state index in [0.29, 0.717) is 38.0 Å². The summed E-state index contributed by atoms with van der Waals surface area (Å²) in [6.07, 6.45) is 11.1. The highest BCUT2D eigenvalue weighted by Crippen LogP contribution is 2.66. The number of esters is 2. The smallest absolute Gasteiger partial charge is 0.306 e. The average Bonchev–Trinajstić information content (AvgIpc) is 3.11.